The summed E-state index contributed by atoms with van der Waals surface area (Å²) in [5.74, 6) is 1.80. The average molecular weight is 471 g/mol. The highest BCUT2D eigenvalue weighted by Gasteiger charge is 2.21. The second-order valence-corrected chi connectivity index (χ2v) is 10.1. The van der Waals surface area contributed by atoms with Gasteiger partial charge in [0, 0.05) is 44.2 Å². The Hall–Kier alpha value is -2.29. The number of carbonyl (C=O) groups excluding carboxylic acids is 1. The number of hydrogen-bond acceptors (Lipinski definition) is 7. The zero-order valence-corrected chi connectivity index (χ0v) is 20.5. The molecule has 2 heterocycles. The molecule has 4 rings (SSSR count). The summed E-state index contributed by atoms with van der Waals surface area (Å²) in [6, 6.07) is 11.9. The molecule has 1 fully saturated rings. The first-order valence-corrected chi connectivity index (χ1v) is 12.8. The highest BCUT2D eigenvalue weighted by Crippen LogP contribution is 2.36. The number of amides is 1. The Morgan fingerprint density at radius 3 is 2.72 bits per heavy atom. The Labute approximate surface area is 198 Å². The highest BCUT2D eigenvalue weighted by atomic mass is 32.2. The molecule has 0 radical (unpaired) electrons. The van der Waals surface area contributed by atoms with E-state index in [0.717, 1.165) is 65.3 Å². The van der Waals surface area contributed by atoms with Gasteiger partial charge in [0.1, 0.15) is 11.3 Å². The van der Waals surface area contributed by atoms with Crippen LogP contribution in [0.3, 0.4) is 0 Å². The molecule has 1 aromatic heterocycles. The van der Waals surface area contributed by atoms with Crippen molar-refractivity contribution in [2.45, 2.75) is 18.7 Å². The van der Waals surface area contributed by atoms with E-state index in [1.54, 1.807) is 30.2 Å². The standard InChI is InChI=1S/C24H30N4O2S2/c1-4-31-20-8-6-5-7-18(20)23(29)25-11-12-27-13-15-28(16-14-27)24-26-21-19(30-3)10-9-17(2)22(21)32-24/h5-10H,4,11-16H2,1-3H3,(H,25,29). The Bertz CT molecular complexity index is 1080. The lowest BCUT2D eigenvalue weighted by atomic mass is 10.2. The molecule has 0 aliphatic carbocycles. The summed E-state index contributed by atoms with van der Waals surface area (Å²) in [5, 5.41) is 4.15. The largest absolute Gasteiger partial charge is 0.494 e. The van der Waals surface area contributed by atoms with E-state index in [2.05, 4.69) is 35.0 Å². The number of benzene rings is 2. The molecule has 0 spiro atoms. The van der Waals surface area contributed by atoms with Crippen molar-refractivity contribution in [3.8, 4) is 5.75 Å². The summed E-state index contributed by atoms with van der Waals surface area (Å²) < 4.78 is 6.70. The molecule has 1 N–H and O–H groups in total. The number of anilines is 1. The van der Waals surface area contributed by atoms with Gasteiger partial charge in [-0.3, -0.25) is 9.69 Å². The lowest BCUT2D eigenvalue weighted by molar-refractivity contribution is 0.0945. The minimum atomic E-state index is 0.0129. The van der Waals surface area contributed by atoms with Crippen molar-refractivity contribution in [2.24, 2.45) is 0 Å². The number of nitrogens with one attached hydrogen (secondary N) is 1. The fourth-order valence-electron chi connectivity index (χ4n) is 3.92. The van der Waals surface area contributed by atoms with Gasteiger partial charge in [0.25, 0.3) is 5.91 Å². The second kappa shape index (κ2) is 10.6. The third-order valence-corrected chi connectivity index (χ3v) is 7.91. The van der Waals surface area contributed by atoms with E-state index in [0.29, 0.717) is 6.54 Å². The SMILES string of the molecule is CCSc1ccccc1C(=O)NCCN1CCN(c2nc3c(OC)ccc(C)c3s2)CC1. The van der Waals surface area contributed by atoms with Crippen LogP contribution in [0.2, 0.25) is 0 Å². The van der Waals surface area contributed by atoms with Crippen molar-refractivity contribution in [3.63, 3.8) is 0 Å². The normalized spacial score (nSPS) is 14.7. The first-order valence-electron chi connectivity index (χ1n) is 11.0. The average Bonchev–Trinajstić information content (AvgIpc) is 3.27. The molecule has 170 valence electrons. The van der Waals surface area contributed by atoms with Crippen LogP contribution in [0.15, 0.2) is 41.3 Å². The third kappa shape index (κ3) is 5.03. The highest BCUT2D eigenvalue weighted by molar-refractivity contribution is 7.99. The van der Waals surface area contributed by atoms with Gasteiger partial charge in [-0.25, -0.2) is 4.98 Å². The minimum Gasteiger partial charge on any atom is -0.494 e. The van der Waals surface area contributed by atoms with Crippen LogP contribution in [0.25, 0.3) is 10.2 Å². The predicted octanol–water partition coefficient (Wildman–Crippen LogP) is 4.28. The Morgan fingerprint density at radius 1 is 1.19 bits per heavy atom. The maximum atomic E-state index is 12.6. The summed E-state index contributed by atoms with van der Waals surface area (Å²) in [5.41, 5.74) is 2.96. The maximum Gasteiger partial charge on any atom is 0.252 e. The number of ether oxygens (including phenoxy) is 1. The van der Waals surface area contributed by atoms with Crippen LogP contribution in [0.4, 0.5) is 5.13 Å². The van der Waals surface area contributed by atoms with Gasteiger partial charge in [-0.2, -0.15) is 0 Å². The van der Waals surface area contributed by atoms with Crippen LogP contribution < -0.4 is 15.0 Å². The second-order valence-electron chi connectivity index (χ2n) is 7.77. The number of nitrogens with zero attached hydrogens (tertiary/aromatic N) is 3. The monoisotopic (exact) mass is 470 g/mol. The van der Waals surface area contributed by atoms with Gasteiger partial charge in [0.15, 0.2) is 5.13 Å². The minimum absolute atomic E-state index is 0.0129. The molecule has 3 aromatic rings. The van der Waals surface area contributed by atoms with Crippen LogP contribution in [-0.2, 0) is 0 Å². The molecule has 0 saturated carbocycles. The van der Waals surface area contributed by atoms with Crippen molar-refractivity contribution < 1.29 is 9.53 Å². The zero-order valence-electron chi connectivity index (χ0n) is 18.9. The molecule has 1 saturated heterocycles. The van der Waals surface area contributed by atoms with E-state index in [-0.39, 0.29) is 5.91 Å². The third-order valence-electron chi connectivity index (χ3n) is 5.70. The van der Waals surface area contributed by atoms with Gasteiger partial charge < -0.3 is 15.0 Å². The summed E-state index contributed by atoms with van der Waals surface area (Å²) in [6.45, 7) is 9.53. The van der Waals surface area contributed by atoms with E-state index in [1.165, 1.54) is 10.3 Å². The van der Waals surface area contributed by atoms with E-state index < -0.39 is 0 Å². The molecule has 32 heavy (non-hydrogen) atoms. The van der Waals surface area contributed by atoms with Gasteiger partial charge in [0.2, 0.25) is 0 Å². The smallest absolute Gasteiger partial charge is 0.252 e. The molecule has 6 nitrogen and oxygen atoms in total. The lowest BCUT2D eigenvalue weighted by Gasteiger charge is -2.34. The molecule has 0 unspecified atom stereocenters. The van der Waals surface area contributed by atoms with Crippen LogP contribution in [0, 0.1) is 6.92 Å². The number of thiazole rings is 1. The van der Waals surface area contributed by atoms with Crippen molar-refractivity contribution in [1.82, 2.24) is 15.2 Å². The van der Waals surface area contributed by atoms with Crippen molar-refractivity contribution in [2.75, 3.05) is 57.0 Å². The molecule has 0 bridgehead atoms. The fraction of sp³-hybridized carbons (Fsp3) is 0.417. The predicted molar refractivity (Wildman–Crippen MR) is 135 cm³/mol. The molecule has 1 amide bonds. The molecular weight excluding hydrogens is 440 g/mol. The molecular formula is C24H30N4O2S2. The Balaban J connectivity index is 1.29. The molecule has 1 aliphatic rings. The summed E-state index contributed by atoms with van der Waals surface area (Å²) in [6.07, 6.45) is 0. The fourth-order valence-corrected chi connectivity index (χ4v) is 5.82. The van der Waals surface area contributed by atoms with Crippen molar-refractivity contribution in [3.05, 3.63) is 47.5 Å². The van der Waals surface area contributed by atoms with Gasteiger partial charge in [-0.15, -0.1) is 11.8 Å². The summed E-state index contributed by atoms with van der Waals surface area (Å²) in [4.78, 5) is 23.3. The van der Waals surface area contributed by atoms with Crippen molar-refractivity contribution >= 4 is 44.4 Å². The number of aromatic nitrogens is 1. The summed E-state index contributed by atoms with van der Waals surface area (Å²) in [7, 11) is 1.70. The quantitative estimate of drug-likeness (QED) is 0.496. The first kappa shape index (κ1) is 22.9. The number of rotatable bonds is 8. The lowest BCUT2D eigenvalue weighted by Crippen LogP contribution is -2.48. The number of hydrogen-bond donors (Lipinski definition) is 1. The number of thioether (sulfide) groups is 1. The number of methoxy groups -OCH3 is 1. The van der Waals surface area contributed by atoms with E-state index >= 15 is 0 Å². The Morgan fingerprint density at radius 2 is 1.97 bits per heavy atom. The van der Waals surface area contributed by atoms with Crippen LogP contribution in [0.1, 0.15) is 22.8 Å². The van der Waals surface area contributed by atoms with Crippen molar-refractivity contribution in [1.29, 1.82) is 0 Å². The number of aryl methyl sites for hydroxylation is 1. The van der Waals surface area contributed by atoms with Crippen LogP contribution >= 0.6 is 23.1 Å². The van der Waals surface area contributed by atoms with E-state index in [1.807, 2.05) is 30.3 Å². The zero-order chi connectivity index (χ0) is 22.5. The number of carbonyl (C=O) groups is 1. The molecule has 0 atom stereocenters. The molecule has 1 aliphatic heterocycles. The van der Waals surface area contributed by atoms with Gasteiger partial charge in [-0.05, 0) is 36.4 Å². The Kier molecular flexibility index (Phi) is 7.55. The van der Waals surface area contributed by atoms with Gasteiger partial charge in [-0.1, -0.05) is 36.5 Å². The summed E-state index contributed by atoms with van der Waals surface area (Å²) >= 11 is 3.45. The van der Waals surface area contributed by atoms with Gasteiger partial charge in [0.05, 0.1) is 17.4 Å². The first-order chi connectivity index (χ1) is 15.6. The molecule has 2 aromatic carbocycles. The van der Waals surface area contributed by atoms with Crippen LogP contribution in [0.5, 0.6) is 5.75 Å². The number of piperazine rings is 1. The van der Waals surface area contributed by atoms with Gasteiger partial charge >= 0.3 is 0 Å². The number of fused-ring (bicyclic) bond motifs is 1. The van der Waals surface area contributed by atoms with E-state index in [9.17, 15) is 4.79 Å². The van der Waals surface area contributed by atoms with Crippen LogP contribution in [-0.4, -0.2) is 67.9 Å². The van der Waals surface area contributed by atoms with E-state index in [4.69, 9.17) is 9.72 Å². The maximum absolute atomic E-state index is 12.6. The topological polar surface area (TPSA) is 57.7 Å². The molecule has 8 heteroatoms.